The summed E-state index contributed by atoms with van der Waals surface area (Å²) in [6.45, 7) is 7.44. The molecule has 0 radical (unpaired) electrons. The lowest BCUT2D eigenvalue weighted by atomic mass is 10.0. The highest BCUT2D eigenvalue weighted by Crippen LogP contribution is 2.14. The van der Waals surface area contributed by atoms with Gasteiger partial charge in [-0.05, 0) is 38.9 Å². The van der Waals surface area contributed by atoms with E-state index < -0.39 is 0 Å². The van der Waals surface area contributed by atoms with Gasteiger partial charge in [-0.2, -0.15) is 0 Å². The van der Waals surface area contributed by atoms with Crippen LogP contribution in [0.3, 0.4) is 0 Å². The predicted molar refractivity (Wildman–Crippen MR) is 72.7 cm³/mol. The number of rotatable bonds is 3. The summed E-state index contributed by atoms with van der Waals surface area (Å²) in [7, 11) is 4.25. The second-order valence-electron chi connectivity index (χ2n) is 5.35. The molecule has 5 heteroatoms. The van der Waals surface area contributed by atoms with Crippen molar-refractivity contribution in [3.05, 3.63) is 0 Å². The Morgan fingerprint density at radius 3 is 2.53 bits per heavy atom. The van der Waals surface area contributed by atoms with E-state index in [1.165, 1.54) is 12.8 Å². The highest BCUT2D eigenvalue weighted by Gasteiger charge is 2.22. The number of nitrogens with one attached hydrogen (secondary N) is 1. The van der Waals surface area contributed by atoms with Gasteiger partial charge in [-0.25, -0.2) is 5.84 Å². The summed E-state index contributed by atoms with van der Waals surface area (Å²) in [5.41, 5.74) is 2.73. The van der Waals surface area contributed by atoms with Gasteiger partial charge >= 0.3 is 0 Å². The van der Waals surface area contributed by atoms with E-state index in [0.29, 0.717) is 12.0 Å². The van der Waals surface area contributed by atoms with Gasteiger partial charge in [0.15, 0.2) is 0 Å². The van der Waals surface area contributed by atoms with Crippen molar-refractivity contribution < 1.29 is 0 Å². The van der Waals surface area contributed by atoms with Crippen LogP contribution in [0.25, 0.3) is 0 Å². The Balaban J connectivity index is 2.53. The Bertz CT molecular complexity index is 243. The Morgan fingerprint density at radius 2 is 2.06 bits per heavy atom. The summed E-state index contributed by atoms with van der Waals surface area (Å²) in [4.78, 5) is 9.08. The second-order valence-corrected chi connectivity index (χ2v) is 5.35. The van der Waals surface area contributed by atoms with Gasteiger partial charge in [0, 0.05) is 19.6 Å². The monoisotopic (exact) mass is 241 g/mol. The van der Waals surface area contributed by atoms with E-state index in [2.05, 4.69) is 48.2 Å². The van der Waals surface area contributed by atoms with Crippen LogP contribution in [0.1, 0.15) is 26.7 Å². The Hall–Kier alpha value is -0.810. The van der Waals surface area contributed by atoms with E-state index in [-0.39, 0.29) is 0 Å². The molecule has 5 nitrogen and oxygen atoms in total. The molecule has 100 valence electrons. The zero-order valence-electron chi connectivity index (χ0n) is 11.6. The molecular weight excluding hydrogens is 214 g/mol. The summed E-state index contributed by atoms with van der Waals surface area (Å²) >= 11 is 0. The number of nitrogens with two attached hydrogens (primary N) is 1. The maximum Gasteiger partial charge on any atom is 0.208 e. The van der Waals surface area contributed by atoms with Crippen molar-refractivity contribution in [1.29, 1.82) is 0 Å². The lowest BCUT2D eigenvalue weighted by Gasteiger charge is -2.36. The molecule has 3 N–H and O–H groups in total. The zero-order valence-corrected chi connectivity index (χ0v) is 11.6. The van der Waals surface area contributed by atoms with Crippen molar-refractivity contribution in [3.63, 3.8) is 0 Å². The maximum atomic E-state index is 5.56. The molecule has 0 aromatic heterocycles. The summed E-state index contributed by atoms with van der Waals surface area (Å²) in [6.07, 6.45) is 2.35. The number of aliphatic imine (C=N–C) groups is 1. The fourth-order valence-electron chi connectivity index (χ4n) is 2.08. The molecule has 0 bridgehead atoms. The molecule has 0 aromatic carbocycles. The smallest absolute Gasteiger partial charge is 0.208 e. The number of likely N-dealkylation sites (tertiary alicyclic amines) is 1. The van der Waals surface area contributed by atoms with Crippen molar-refractivity contribution >= 4 is 5.96 Å². The average molecular weight is 241 g/mol. The van der Waals surface area contributed by atoms with Crippen LogP contribution in [0.15, 0.2) is 4.99 Å². The van der Waals surface area contributed by atoms with Gasteiger partial charge < -0.3 is 9.80 Å². The van der Waals surface area contributed by atoms with Crippen molar-refractivity contribution in [2.75, 3.05) is 33.7 Å². The van der Waals surface area contributed by atoms with Gasteiger partial charge in [-0.3, -0.25) is 10.4 Å². The van der Waals surface area contributed by atoms with Gasteiger partial charge in [0.1, 0.15) is 0 Å². The van der Waals surface area contributed by atoms with E-state index in [1.54, 1.807) is 0 Å². The minimum absolute atomic E-state index is 0.549. The Morgan fingerprint density at radius 1 is 1.47 bits per heavy atom. The van der Waals surface area contributed by atoms with Gasteiger partial charge in [0.05, 0.1) is 0 Å². The van der Waals surface area contributed by atoms with E-state index in [9.17, 15) is 0 Å². The molecule has 0 unspecified atom stereocenters. The fraction of sp³-hybridized carbons (Fsp3) is 0.917. The van der Waals surface area contributed by atoms with Crippen molar-refractivity contribution in [2.45, 2.75) is 32.7 Å². The molecule has 0 spiro atoms. The van der Waals surface area contributed by atoms with Crippen molar-refractivity contribution in [3.8, 4) is 0 Å². The molecule has 0 saturated carbocycles. The molecule has 1 fully saturated rings. The van der Waals surface area contributed by atoms with Crippen LogP contribution in [0.5, 0.6) is 0 Å². The zero-order chi connectivity index (χ0) is 12.8. The van der Waals surface area contributed by atoms with Crippen LogP contribution >= 0.6 is 0 Å². The number of hydrogen-bond donors (Lipinski definition) is 2. The van der Waals surface area contributed by atoms with E-state index in [0.717, 1.165) is 25.6 Å². The first-order chi connectivity index (χ1) is 8.04. The number of piperidine rings is 1. The van der Waals surface area contributed by atoms with Crippen LogP contribution in [-0.2, 0) is 0 Å². The van der Waals surface area contributed by atoms with E-state index in [1.807, 2.05) is 0 Å². The minimum Gasteiger partial charge on any atom is -0.342 e. The van der Waals surface area contributed by atoms with Gasteiger partial charge in [0.2, 0.25) is 5.96 Å². The first-order valence-electron chi connectivity index (χ1n) is 6.47. The number of nitrogens with zero attached hydrogens (tertiary/aromatic N) is 3. The van der Waals surface area contributed by atoms with Crippen LogP contribution in [0.2, 0.25) is 0 Å². The molecule has 1 heterocycles. The molecule has 1 aliphatic rings. The van der Waals surface area contributed by atoms with Crippen molar-refractivity contribution in [2.24, 2.45) is 16.8 Å². The number of hydrogen-bond acceptors (Lipinski definition) is 3. The molecule has 0 aliphatic carbocycles. The topological polar surface area (TPSA) is 56.9 Å². The van der Waals surface area contributed by atoms with Crippen molar-refractivity contribution in [1.82, 2.24) is 15.2 Å². The van der Waals surface area contributed by atoms with Crippen LogP contribution in [0.4, 0.5) is 0 Å². The maximum absolute atomic E-state index is 5.56. The van der Waals surface area contributed by atoms with Crippen LogP contribution in [-0.4, -0.2) is 55.5 Å². The summed E-state index contributed by atoms with van der Waals surface area (Å²) in [5.74, 6) is 6.93. The summed E-state index contributed by atoms with van der Waals surface area (Å²) in [6, 6.07) is 0.549. The standard InChI is InChI=1S/C12H27N5/c1-10(2)9-14-12(15-13)17(4)11-5-7-16(3)8-6-11/h10-11H,5-9,13H2,1-4H3,(H,14,15). The third kappa shape index (κ3) is 4.52. The average Bonchev–Trinajstić information content (AvgIpc) is 2.30. The Kier molecular flexibility index (Phi) is 5.71. The van der Waals surface area contributed by atoms with Gasteiger partial charge in [-0.15, -0.1) is 0 Å². The van der Waals surface area contributed by atoms with Crippen LogP contribution in [0, 0.1) is 5.92 Å². The van der Waals surface area contributed by atoms with Gasteiger partial charge in [-0.1, -0.05) is 13.8 Å². The molecule has 0 amide bonds. The minimum atomic E-state index is 0.549. The third-order valence-corrected chi connectivity index (χ3v) is 3.31. The first kappa shape index (κ1) is 14.3. The fourth-order valence-corrected chi connectivity index (χ4v) is 2.08. The summed E-state index contributed by atoms with van der Waals surface area (Å²) in [5, 5.41) is 0. The SMILES string of the molecule is CC(C)CN=C(NN)N(C)C1CCN(C)CC1. The lowest BCUT2D eigenvalue weighted by molar-refractivity contribution is 0.189. The Labute approximate surface area is 105 Å². The predicted octanol–water partition coefficient (Wildman–Crippen LogP) is 0.488. The lowest BCUT2D eigenvalue weighted by Crippen LogP contribution is -2.50. The number of guanidine groups is 1. The third-order valence-electron chi connectivity index (χ3n) is 3.31. The highest BCUT2D eigenvalue weighted by atomic mass is 15.4. The normalized spacial score (nSPS) is 19.8. The number of hydrazine groups is 1. The quantitative estimate of drug-likeness (QED) is 0.327. The van der Waals surface area contributed by atoms with Crippen LogP contribution < -0.4 is 11.3 Å². The molecule has 0 atom stereocenters. The molecule has 1 aliphatic heterocycles. The molecule has 1 saturated heterocycles. The summed E-state index contributed by atoms with van der Waals surface area (Å²) < 4.78 is 0. The molecule has 1 rings (SSSR count). The van der Waals surface area contributed by atoms with E-state index >= 15 is 0 Å². The van der Waals surface area contributed by atoms with Gasteiger partial charge in [0.25, 0.3) is 0 Å². The first-order valence-corrected chi connectivity index (χ1v) is 6.47. The molecule has 17 heavy (non-hydrogen) atoms. The largest absolute Gasteiger partial charge is 0.342 e. The highest BCUT2D eigenvalue weighted by molar-refractivity contribution is 5.79. The second kappa shape index (κ2) is 6.81. The van der Waals surface area contributed by atoms with E-state index in [4.69, 9.17) is 5.84 Å². The molecule has 0 aromatic rings. The molecular formula is C12H27N5.